The van der Waals surface area contributed by atoms with E-state index in [0.717, 1.165) is 19.4 Å². The predicted octanol–water partition coefficient (Wildman–Crippen LogP) is 3.92. The van der Waals surface area contributed by atoms with Crippen LogP contribution in [0, 0.1) is 10.8 Å². The molecule has 1 fully saturated rings. The fourth-order valence-corrected chi connectivity index (χ4v) is 4.24. The number of rotatable bonds is 8. The van der Waals surface area contributed by atoms with Crippen LogP contribution < -0.4 is 10.6 Å². The number of benzene rings is 1. The lowest BCUT2D eigenvalue weighted by molar-refractivity contribution is -0.914. The Kier molecular flexibility index (Phi) is 9.35. The summed E-state index contributed by atoms with van der Waals surface area (Å²) in [6.07, 6.45) is 7.25. The molecule has 0 amide bonds. The maximum absolute atomic E-state index is 8.22. The molecule has 1 saturated heterocycles. The molecule has 0 bridgehead atoms. The van der Waals surface area contributed by atoms with Gasteiger partial charge in [-0.25, -0.2) is 0 Å². The molecule has 6 heteroatoms. The Morgan fingerprint density at radius 3 is 2.48 bits per heavy atom. The number of nitrogens with zero attached hydrogens (tertiary/aromatic N) is 2. The molecule has 0 saturated carbocycles. The van der Waals surface area contributed by atoms with Gasteiger partial charge in [-0.3, -0.25) is 16.1 Å². The lowest BCUT2D eigenvalue weighted by Crippen LogP contribution is -2.49. The van der Waals surface area contributed by atoms with Gasteiger partial charge in [0.05, 0.1) is 26.7 Å². The van der Waals surface area contributed by atoms with E-state index < -0.39 is 0 Å². The van der Waals surface area contributed by atoms with Crippen LogP contribution >= 0.6 is 0 Å². The lowest BCUT2D eigenvalue weighted by Gasteiger charge is -2.38. The summed E-state index contributed by atoms with van der Waals surface area (Å²) in [7, 11) is 4.32. The van der Waals surface area contributed by atoms with E-state index >= 15 is 0 Å². The van der Waals surface area contributed by atoms with Gasteiger partial charge in [0.25, 0.3) is 0 Å². The fourth-order valence-electron chi connectivity index (χ4n) is 4.24. The molecule has 0 atom stereocenters. The van der Waals surface area contributed by atoms with E-state index in [-0.39, 0.29) is 17.3 Å². The van der Waals surface area contributed by atoms with Crippen molar-refractivity contribution in [3.05, 3.63) is 35.4 Å². The Morgan fingerprint density at radius 1 is 1.10 bits per heavy atom. The predicted molar refractivity (Wildman–Crippen MR) is 132 cm³/mol. The number of guanidine groups is 2. The van der Waals surface area contributed by atoms with Crippen molar-refractivity contribution in [2.24, 2.45) is 0 Å². The van der Waals surface area contributed by atoms with Crippen LogP contribution in [0.5, 0.6) is 0 Å². The fraction of sp³-hybridized carbons (Fsp3) is 0.680. The number of likely N-dealkylation sites (tertiary alicyclic amines) is 1. The van der Waals surface area contributed by atoms with E-state index in [1.807, 2.05) is 11.9 Å². The lowest BCUT2D eigenvalue weighted by atomic mass is 9.86. The summed E-state index contributed by atoms with van der Waals surface area (Å²) in [6.45, 7) is 12.1. The summed E-state index contributed by atoms with van der Waals surface area (Å²) in [5.41, 5.74) is 2.74. The van der Waals surface area contributed by atoms with E-state index in [2.05, 4.69) is 62.7 Å². The van der Waals surface area contributed by atoms with Gasteiger partial charge in [0, 0.05) is 20.1 Å². The second-order valence-corrected chi connectivity index (χ2v) is 10.5. The molecule has 4 N–H and O–H groups in total. The minimum atomic E-state index is 0.143. The number of nitrogens with one attached hydrogen (secondary N) is 4. The molecule has 0 aliphatic carbocycles. The number of unbranched alkanes of at least 4 members (excludes halogenated alkanes) is 1. The average molecular weight is 430 g/mol. The summed E-state index contributed by atoms with van der Waals surface area (Å²) in [6, 6.07) is 8.67. The van der Waals surface area contributed by atoms with E-state index in [9.17, 15) is 0 Å². The zero-order valence-electron chi connectivity index (χ0n) is 20.5. The molecule has 0 radical (unpaired) electrons. The van der Waals surface area contributed by atoms with Crippen LogP contribution in [-0.4, -0.2) is 68.1 Å². The molecular formula is C25H45N6+. The van der Waals surface area contributed by atoms with Crippen LogP contribution in [-0.2, 0) is 11.8 Å². The third-order valence-electron chi connectivity index (χ3n) is 6.47. The zero-order valence-corrected chi connectivity index (χ0v) is 20.5. The van der Waals surface area contributed by atoms with Gasteiger partial charge in [0.2, 0.25) is 0 Å². The highest BCUT2D eigenvalue weighted by molar-refractivity contribution is 5.95. The van der Waals surface area contributed by atoms with Crippen molar-refractivity contribution in [3.63, 3.8) is 0 Å². The van der Waals surface area contributed by atoms with Gasteiger partial charge < -0.3 is 14.7 Å². The molecule has 6 nitrogen and oxygen atoms in total. The second kappa shape index (κ2) is 11.5. The zero-order chi connectivity index (χ0) is 22.9. The normalized spacial score (nSPS) is 15.9. The van der Waals surface area contributed by atoms with Crippen molar-refractivity contribution >= 4 is 11.9 Å². The van der Waals surface area contributed by atoms with Crippen molar-refractivity contribution in [1.82, 2.24) is 15.5 Å². The van der Waals surface area contributed by atoms with Gasteiger partial charge in [-0.2, -0.15) is 0 Å². The number of piperidine rings is 1. The van der Waals surface area contributed by atoms with E-state index in [4.69, 9.17) is 10.8 Å². The molecule has 31 heavy (non-hydrogen) atoms. The Bertz CT molecular complexity index is 715. The number of hydrogen-bond donors (Lipinski definition) is 4. The molecule has 2 rings (SSSR count). The van der Waals surface area contributed by atoms with Crippen LogP contribution in [0.2, 0.25) is 0 Å². The van der Waals surface area contributed by atoms with Crippen molar-refractivity contribution in [3.8, 4) is 0 Å². The third kappa shape index (κ3) is 8.90. The molecule has 0 spiro atoms. The summed E-state index contributed by atoms with van der Waals surface area (Å²) < 4.78 is 1.21. The van der Waals surface area contributed by atoms with Crippen LogP contribution in [0.4, 0.5) is 0 Å². The first-order valence-corrected chi connectivity index (χ1v) is 11.9. The van der Waals surface area contributed by atoms with Gasteiger partial charge in [0.1, 0.15) is 0 Å². The SMILES string of the molecule is CN(CCCC[N+]1(C)CCCCC1)C(=N)NC(=N)NCCc1cccc(C(C)(C)C)c1. The smallest absolute Gasteiger partial charge is 0.197 e. The minimum Gasteiger partial charge on any atom is -0.356 e. The Hall–Kier alpha value is -2.08. The first kappa shape index (κ1) is 25.2. The highest BCUT2D eigenvalue weighted by Gasteiger charge is 2.23. The van der Waals surface area contributed by atoms with Gasteiger partial charge in [0.15, 0.2) is 11.9 Å². The number of hydrogen-bond acceptors (Lipinski definition) is 2. The standard InChI is InChI=1S/C25H45N6/c1-25(2,3)22-13-11-12-21(20-22)14-15-28-23(26)29-24(27)30(4)16-7-10-19-31(5)17-8-6-9-18-31/h11-13,20H,6-10,14-19H2,1-5H3,(H4,26,27,28,29)/q+1. The maximum atomic E-state index is 8.22. The monoisotopic (exact) mass is 429 g/mol. The maximum Gasteiger partial charge on any atom is 0.197 e. The molecular weight excluding hydrogens is 384 g/mol. The van der Waals surface area contributed by atoms with Crippen LogP contribution in [0.25, 0.3) is 0 Å². The molecule has 1 aromatic carbocycles. The molecule has 1 aliphatic rings. The highest BCUT2D eigenvalue weighted by atomic mass is 15.3. The summed E-state index contributed by atoms with van der Waals surface area (Å²) in [5.74, 6) is 0.473. The first-order chi connectivity index (χ1) is 14.6. The Morgan fingerprint density at radius 2 is 1.81 bits per heavy atom. The van der Waals surface area contributed by atoms with Crippen molar-refractivity contribution in [1.29, 1.82) is 10.8 Å². The average Bonchev–Trinajstić information content (AvgIpc) is 2.71. The quantitative estimate of drug-likeness (QED) is 0.219. The van der Waals surface area contributed by atoms with Crippen molar-refractivity contribution in [2.45, 2.75) is 64.7 Å². The van der Waals surface area contributed by atoms with Crippen LogP contribution in [0.3, 0.4) is 0 Å². The van der Waals surface area contributed by atoms with E-state index in [0.29, 0.717) is 6.54 Å². The Labute approximate surface area is 190 Å². The van der Waals surface area contributed by atoms with Gasteiger partial charge >= 0.3 is 0 Å². The largest absolute Gasteiger partial charge is 0.356 e. The summed E-state index contributed by atoms with van der Waals surface area (Å²) >= 11 is 0. The second-order valence-electron chi connectivity index (χ2n) is 10.5. The minimum absolute atomic E-state index is 0.143. The highest BCUT2D eigenvalue weighted by Crippen LogP contribution is 2.22. The van der Waals surface area contributed by atoms with Gasteiger partial charge in [-0.1, -0.05) is 45.0 Å². The van der Waals surface area contributed by atoms with Crippen molar-refractivity contribution < 1.29 is 4.48 Å². The summed E-state index contributed by atoms with van der Waals surface area (Å²) in [4.78, 5) is 1.90. The Balaban J connectivity index is 1.63. The van der Waals surface area contributed by atoms with Crippen LogP contribution in [0.1, 0.15) is 64.0 Å². The van der Waals surface area contributed by atoms with E-state index in [1.54, 1.807) is 0 Å². The summed E-state index contributed by atoms with van der Waals surface area (Å²) in [5, 5.41) is 22.3. The molecule has 0 unspecified atom stereocenters. The van der Waals surface area contributed by atoms with Gasteiger partial charge in [-0.05, 0) is 55.1 Å². The van der Waals surface area contributed by atoms with Gasteiger partial charge in [-0.15, -0.1) is 0 Å². The van der Waals surface area contributed by atoms with Crippen LogP contribution in [0.15, 0.2) is 24.3 Å². The number of quaternary nitrogens is 1. The molecule has 1 heterocycles. The van der Waals surface area contributed by atoms with Crippen molar-refractivity contribution in [2.75, 3.05) is 46.8 Å². The molecule has 1 aliphatic heterocycles. The van der Waals surface area contributed by atoms with E-state index in [1.165, 1.54) is 60.9 Å². The molecule has 1 aromatic rings. The molecule has 174 valence electrons. The molecule has 0 aromatic heterocycles. The first-order valence-electron chi connectivity index (χ1n) is 11.9. The topological polar surface area (TPSA) is 75.0 Å². The third-order valence-corrected chi connectivity index (χ3v) is 6.47.